The molecule has 0 N–H and O–H groups in total. The molecule has 31 heavy (non-hydrogen) atoms. The number of hydrogen-bond acceptors (Lipinski definition) is 2. The summed E-state index contributed by atoms with van der Waals surface area (Å²) in [5.41, 5.74) is -7.00. The van der Waals surface area contributed by atoms with Crippen LogP contribution in [0.4, 0.5) is 50.9 Å². The fourth-order valence-corrected chi connectivity index (χ4v) is 3.83. The quantitative estimate of drug-likeness (QED) is 0.387. The SMILES string of the molecule is FC(F)Oc1cc(C(F)(C(F)(F)F)C(F)(F)F)cc(Br)c1N1CC=Cc2ccccc21. The summed E-state index contributed by atoms with van der Waals surface area (Å²) in [6, 6.07) is 6.75. The van der Waals surface area contributed by atoms with Gasteiger partial charge in [-0.2, -0.15) is 35.1 Å². The van der Waals surface area contributed by atoms with Gasteiger partial charge in [-0.15, -0.1) is 0 Å². The van der Waals surface area contributed by atoms with Crippen molar-refractivity contribution in [3.8, 4) is 5.75 Å². The van der Waals surface area contributed by atoms with E-state index >= 15 is 0 Å². The zero-order chi connectivity index (χ0) is 23.2. The number of hydrogen-bond donors (Lipinski definition) is 0. The van der Waals surface area contributed by atoms with Crippen LogP contribution in [0.15, 0.2) is 46.9 Å². The molecule has 0 atom stereocenters. The minimum atomic E-state index is -6.41. The van der Waals surface area contributed by atoms with E-state index in [4.69, 9.17) is 0 Å². The largest absolute Gasteiger partial charge is 0.435 e. The molecule has 3 rings (SSSR count). The summed E-state index contributed by atoms with van der Waals surface area (Å²) < 4.78 is 123. The van der Waals surface area contributed by atoms with E-state index in [2.05, 4.69) is 20.7 Å². The number of para-hydroxylation sites is 1. The van der Waals surface area contributed by atoms with Gasteiger partial charge >= 0.3 is 24.6 Å². The Morgan fingerprint density at radius 1 is 0.935 bits per heavy atom. The molecule has 168 valence electrons. The second-order valence-electron chi connectivity index (χ2n) is 6.41. The predicted octanol–water partition coefficient (Wildman–Crippen LogP) is 7.50. The van der Waals surface area contributed by atoms with Crippen molar-refractivity contribution in [3.05, 3.63) is 58.1 Å². The van der Waals surface area contributed by atoms with E-state index in [-0.39, 0.29) is 24.4 Å². The highest BCUT2D eigenvalue weighted by molar-refractivity contribution is 9.10. The second-order valence-corrected chi connectivity index (χ2v) is 7.26. The van der Waals surface area contributed by atoms with Crippen LogP contribution in [0.5, 0.6) is 5.75 Å². The van der Waals surface area contributed by atoms with Gasteiger partial charge in [-0.3, -0.25) is 0 Å². The summed E-state index contributed by atoms with van der Waals surface area (Å²) in [7, 11) is 0. The molecule has 0 radical (unpaired) electrons. The van der Waals surface area contributed by atoms with Crippen molar-refractivity contribution in [2.45, 2.75) is 24.6 Å². The molecule has 0 aromatic heterocycles. The fourth-order valence-electron chi connectivity index (χ4n) is 3.18. The van der Waals surface area contributed by atoms with Crippen molar-refractivity contribution in [1.82, 2.24) is 0 Å². The Morgan fingerprint density at radius 2 is 1.55 bits per heavy atom. The summed E-state index contributed by atoms with van der Waals surface area (Å²) in [6.07, 6.45) is -9.52. The molecule has 12 heteroatoms. The van der Waals surface area contributed by atoms with Crippen LogP contribution in [0.3, 0.4) is 0 Å². The summed E-state index contributed by atoms with van der Waals surface area (Å²) in [6.45, 7) is -3.56. The lowest BCUT2D eigenvalue weighted by molar-refractivity contribution is -0.348. The highest BCUT2D eigenvalue weighted by Gasteiger charge is 2.73. The Labute approximate surface area is 178 Å². The third-order valence-electron chi connectivity index (χ3n) is 4.51. The number of anilines is 2. The molecule has 0 amide bonds. The Balaban J connectivity index is 2.26. The minimum absolute atomic E-state index is 0.00579. The molecule has 0 saturated heterocycles. The second kappa shape index (κ2) is 7.95. The first-order valence-corrected chi connectivity index (χ1v) is 9.21. The molecule has 0 spiro atoms. The van der Waals surface area contributed by atoms with Gasteiger partial charge in [-0.1, -0.05) is 30.4 Å². The average Bonchev–Trinajstić information content (AvgIpc) is 2.64. The molecule has 0 unspecified atom stereocenters. The number of ether oxygens (including phenoxy) is 1. The number of halogens is 10. The summed E-state index contributed by atoms with van der Waals surface area (Å²) in [5.74, 6) is -1.06. The molecular weight excluding hydrogens is 509 g/mol. The van der Waals surface area contributed by atoms with E-state index < -0.39 is 40.4 Å². The van der Waals surface area contributed by atoms with Crippen LogP contribution in [0, 0.1) is 0 Å². The standard InChI is InChI=1S/C19H11BrF9NO/c20-12-8-11(17(23,18(24,25)26)19(27,28)29)9-14(31-16(21)22)15(12)30-7-3-5-10-4-1-2-6-13(10)30/h1-6,8-9,16H,7H2. The molecule has 0 saturated carbocycles. The lowest BCUT2D eigenvalue weighted by atomic mass is 9.93. The van der Waals surface area contributed by atoms with Crippen LogP contribution in [0.25, 0.3) is 6.08 Å². The van der Waals surface area contributed by atoms with E-state index in [0.29, 0.717) is 11.3 Å². The number of nitrogens with zero attached hydrogens (tertiary/aromatic N) is 1. The Hall–Kier alpha value is -2.37. The van der Waals surface area contributed by atoms with Gasteiger partial charge in [0.2, 0.25) is 0 Å². The molecule has 2 nitrogen and oxygen atoms in total. The third-order valence-corrected chi connectivity index (χ3v) is 5.11. The fraction of sp³-hybridized carbons (Fsp3) is 0.263. The Bertz CT molecular complexity index is 987. The van der Waals surface area contributed by atoms with Crippen LogP contribution in [-0.2, 0) is 5.67 Å². The maximum atomic E-state index is 14.5. The number of fused-ring (bicyclic) bond motifs is 1. The van der Waals surface area contributed by atoms with Crippen LogP contribution in [0.2, 0.25) is 0 Å². The van der Waals surface area contributed by atoms with Gasteiger partial charge in [-0.25, -0.2) is 4.39 Å². The van der Waals surface area contributed by atoms with Crippen molar-refractivity contribution in [2.24, 2.45) is 0 Å². The van der Waals surface area contributed by atoms with Gasteiger partial charge < -0.3 is 9.64 Å². The van der Waals surface area contributed by atoms with E-state index in [9.17, 15) is 39.5 Å². The Morgan fingerprint density at radius 3 is 2.13 bits per heavy atom. The van der Waals surface area contributed by atoms with E-state index in [1.165, 1.54) is 4.90 Å². The zero-order valence-electron chi connectivity index (χ0n) is 15.0. The maximum Gasteiger partial charge on any atom is 0.435 e. The molecule has 2 aromatic carbocycles. The predicted molar refractivity (Wildman–Crippen MR) is 98.2 cm³/mol. The summed E-state index contributed by atoms with van der Waals surface area (Å²) in [5, 5.41) is 0. The third kappa shape index (κ3) is 4.09. The van der Waals surface area contributed by atoms with Crippen molar-refractivity contribution >= 4 is 33.4 Å². The summed E-state index contributed by atoms with van der Waals surface area (Å²) >= 11 is 2.81. The van der Waals surface area contributed by atoms with Crippen molar-refractivity contribution in [2.75, 3.05) is 11.4 Å². The van der Waals surface area contributed by atoms with Gasteiger partial charge in [0.25, 0.3) is 0 Å². The van der Waals surface area contributed by atoms with Crippen molar-refractivity contribution in [3.63, 3.8) is 0 Å². The number of rotatable bonds is 4. The van der Waals surface area contributed by atoms with Gasteiger partial charge in [-0.05, 0) is 39.7 Å². The zero-order valence-corrected chi connectivity index (χ0v) is 16.6. The maximum absolute atomic E-state index is 14.5. The molecular formula is C19H11BrF9NO. The van der Waals surface area contributed by atoms with Crippen LogP contribution >= 0.6 is 15.9 Å². The molecule has 1 aliphatic rings. The average molecular weight is 520 g/mol. The minimum Gasteiger partial charge on any atom is -0.433 e. The first-order valence-electron chi connectivity index (χ1n) is 8.41. The smallest absolute Gasteiger partial charge is 0.433 e. The van der Waals surface area contributed by atoms with Gasteiger partial charge in [0.15, 0.2) is 5.75 Å². The highest BCUT2D eigenvalue weighted by atomic mass is 79.9. The number of benzene rings is 2. The molecule has 0 fully saturated rings. The first-order chi connectivity index (χ1) is 14.3. The van der Waals surface area contributed by atoms with Gasteiger partial charge in [0.05, 0.1) is 5.69 Å². The topological polar surface area (TPSA) is 12.5 Å². The van der Waals surface area contributed by atoms with Gasteiger partial charge in [0.1, 0.15) is 0 Å². The molecule has 1 aliphatic heterocycles. The lowest BCUT2D eigenvalue weighted by Gasteiger charge is -2.33. The first kappa shape index (κ1) is 23.3. The molecule has 1 heterocycles. The van der Waals surface area contributed by atoms with Crippen LogP contribution in [-0.4, -0.2) is 25.5 Å². The van der Waals surface area contributed by atoms with E-state index in [1.807, 2.05) is 0 Å². The monoisotopic (exact) mass is 519 g/mol. The van der Waals surface area contributed by atoms with Crippen LogP contribution < -0.4 is 9.64 Å². The molecule has 2 aromatic rings. The van der Waals surface area contributed by atoms with Crippen molar-refractivity contribution in [1.29, 1.82) is 0 Å². The molecule has 0 aliphatic carbocycles. The van der Waals surface area contributed by atoms with E-state index in [0.717, 1.165) is 0 Å². The summed E-state index contributed by atoms with van der Waals surface area (Å²) in [4.78, 5) is 1.34. The Kier molecular flexibility index (Phi) is 5.98. The van der Waals surface area contributed by atoms with Crippen molar-refractivity contribution < 1.29 is 44.3 Å². The normalized spacial score (nSPS) is 14.7. The van der Waals surface area contributed by atoms with E-state index in [1.54, 1.807) is 36.4 Å². The highest BCUT2D eigenvalue weighted by Crippen LogP contribution is 2.55. The van der Waals surface area contributed by atoms with Crippen LogP contribution in [0.1, 0.15) is 11.1 Å². The van der Waals surface area contributed by atoms with Gasteiger partial charge in [0, 0.05) is 22.3 Å². The lowest BCUT2D eigenvalue weighted by Crippen LogP contribution is -2.50. The molecule has 0 bridgehead atoms. The number of alkyl halides is 9.